The summed E-state index contributed by atoms with van der Waals surface area (Å²) in [4.78, 5) is 17.2. The van der Waals surface area contributed by atoms with Gasteiger partial charge in [0, 0.05) is 36.3 Å². The van der Waals surface area contributed by atoms with Crippen LogP contribution in [0.5, 0.6) is 5.88 Å². The fourth-order valence-corrected chi connectivity index (χ4v) is 7.61. The summed E-state index contributed by atoms with van der Waals surface area (Å²) in [6.45, 7) is 8.18. The number of hydrogen-bond donors (Lipinski definition) is 1. The Morgan fingerprint density at radius 3 is 2.79 bits per heavy atom. The number of aryl methyl sites for hydroxylation is 2. The van der Waals surface area contributed by atoms with E-state index in [1.807, 2.05) is 26.1 Å². The molecule has 4 rings (SSSR count). The molecule has 3 aromatic rings. The Kier molecular flexibility index (Phi) is 8.46. The number of carboxylic acids is 1. The van der Waals surface area contributed by atoms with E-state index in [-0.39, 0.29) is 35.9 Å². The zero-order valence-electron chi connectivity index (χ0n) is 21.8. The Morgan fingerprint density at radius 1 is 1.37 bits per heavy atom. The smallest absolute Gasteiger partial charge is 0.309 e. The van der Waals surface area contributed by atoms with E-state index < -0.39 is 21.4 Å². The highest BCUT2D eigenvalue weighted by Gasteiger charge is 2.40. The van der Waals surface area contributed by atoms with Gasteiger partial charge < -0.3 is 9.84 Å². The van der Waals surface area contributed by atoms with Crippen LogP contribution in [0.15, 0.2) is 35.5 Å². The van der Waals surface area contributed by atoms with Crippen LogP contribution in [0.3, 0.4) is 0 Å². The molecule has 1 N–H and O–H groups in total. The van der Waals surface area contributed by atoms with Crippen LogP contribution in [-0.2, 0) is 34.3 Å². The fourth-order valence-electron chi connectivity index (χ4n) is 4.49. The minimum absolute atomic E-state index is 0.0209. The van der Waals surface area contributed by atoms with Crippen LogP contribution >= 0.6 is 22.9 Å². The van der Waals surface area contributed by atoms with Crippen LogP contribution in [0.1, 0.15) is 62.6 Å². The molecule has 10 nitrogen and oxygen atoms in total. The van der Waals surface area contributed by atoms with Gasteiger partial charge in [0.1, 0.15) is 11.0 Å². The molecular formula is C25H32ClN5O5S2. The van der Waals surface area contributed by atoms with Crippen molar-refractivity contribution in [3.63, 3.8) is 0 Å². The molecule has 0 saturated heterocycles. The third-order valence-electron chi connectivity index (χ3n) is 6.98. The van der Waals surface area contributed by atoms with Crippen LogP contribution in [0.4, 0.5) is 0 Å². The van der Waals surface area contributed by atoms with Crippen molar-refractivity contribution in [2.24, 2.45) is 5.41 Å². The number of rotatable bonds is 10. The Balaban J connectivity index is 1.64. The average Bonchev–Trinajstić information content (AvgIpc) is 3.46. The van der Waals surface area contributed by atoms with Gasteiger partial charge in [0.2, 0.25) is 15.9 Å². The lowest BCUT2D eigenvalue weighted by Gasteiger charge is -2.29. The maximum Gasteiger partial charge on any atom is 0.309 e. The highest BCUT2D eigenvalue weighted by atomic mass is 35.5. The lowest BCUT2D eigenvalue weighted by atomic mass is 9.75. The quantitative estimate of drug-likeness (QED) is 0.368. The number of hydrogen-bond acceptors (Lipinski definition) is 8. The lowest BCUT2D eigenvalue weighted by molar-refractivity contribution is -0.148. The molecule has 0 saturated carbocycles. The van der Waals surface area contributed by atoms with Crippen LogP contribution < -0.4 is 4.74 Å². The van der Waals surface area contributed by atoms with E-state index in [4.69, 9.17) is 16.3 Å². The molecule has 13 heteroatoms. The summed E-state index contributed by atoms with van der Waals surface area (Å²) in [5.74, 6) is -1.20. The maximum atomic E-state index is 13.6. The summed E-state index contributed by atoms with van der Waals surface area (Å²) in [7, 11) is -3.90. The van der Waals surface area contributed by atoms with E-state index >= 15 is 0 Å². The Hall–Kier alpha value is -2.54. The minimum atomic E-state index is -3.90. The van der Waals surface area contributed by atoms with Gasteiger partial charge in [-0.1, -0.05) is 23.7 Å². The summed E-state index contributed by atoms with van der Waals surface area (Å²) in [6, 6.07) is 4.90. The van der Waals surface area contributed by atoms with Crippen LogP contribution in [0, 0.1) is 5.41 Å². The van der Waals surface area contributed by atoms with Crippen LogP contribution in [0.25, 0.3) is 0 Å². The predicted octanol–water partition coefficient (Wildman–Crippen LogP) is 4.60. The van der Waals surface area contributed by atoms with Gasteiger partial charge in [0.05, 0.1) is 22.0 Å². The second-order valence-corrected chi connectivity index (χ2v) is 13.5. The summed E-state index contributed by atoms with van der Waals surface area (Å²) in [6.07, 6.45) is 4.67. The highest BCUT2D eigenvalue weighted by molar-refractivity contribution is 7.89. The number of aromatic nitrogens is 4. The number of thiophene rings is 1. The molecule has 0 aliphatic carbocycles. The molecule has 1 aliphatic rings. The van der Waals surface area contributed by atoms with Gasteiger partial charge in [-0.05, 0) is 63.8 Å². The van der Waals surface area contributed by atoms with Crippen molar-refractivity contribution < 1.29 is 23.1 Å². The van der Waals surface area contributed by atoms with Crippen LogP contribution in [-0.4, -0.2) is 56.4 Å². The Labute approximate surface area is 231 Å². The molecule has 206 valence electrons. The van der Waals surface area contributed by atoms with Gasteiger partial charge in [0.25, 0.3) is 0 Å². The van der Waals surface area contributed by atoms with E-state index in [1.54, 1.807) is 24.6 Å². The summed E-state index contributed by atoms with van der Waals surface area (Å²) < 4.78 is 36.5. The number of pyridine rings is 1. The van der Waals surface area contributed by atoms with E-state index in [0.717, 1.165) is 10.6 Å². The first-order chi connectivity index (χ1) is 18.0. The van der Waals surface area contributed by atoms with Gasteiger partial charge in [-0.3, -0.25) is 9.48 Å². The number of nitrogens with zero attached hydrogens (tertiary/aromatic N) is 5. The zero-order chi connectivity index (χ0) is 27.7. The molecule has 1 aliphatic heterocycles. The lowest BCUT2D eigenvalue weighted by Crippen LogP contribution is -2.36. The van der Waals surface area contributed by atoms with E-state index in [9.17, 15) is 18.3 Å². The molecule has 38 heavy (non-hydrogen) atoms. The van der Waals surface area contributed by atoms with Gasteiger partial charge in [-0.2, -0.15) is 4.31 Å². The van der Waals surface area contributed by atoms with E-state index in [1.165, 1.54) is 27.9 Å². The number of carbonyl (C=O) groups is 1. The normalized spacial score (nSPS) is 18.4. The van der Waals surface area contributed by atoms with E-state index in [2.05, 4.69) is 15.3 Å². The third-order valence-corrected chi connectivity index (χ3v) is 10.4. The largest absolute Gasteiger partial charge is 0.481 e. The van der Waals surface area contributed by atoms with Crippen molar-refractivity contribution in [2.75, 3.05) is 6.54 Å². The Morgan fingerprint density at radius 2 is 2.13 bits per heavy atom. The van der Waals surface area contributed by atoms with Gasteiger partial charge in [-0.25, -0.2) is 13.4 Å². The molecule has 0 spiro atoms. The molecule has 0 amide bonds. The number of aliphatic carboxylic acids is 1. The SMILES string of the molecule is CC[C@@H]1CN(Cc2cc([C@H](CCc3cn(CC)nn3)C(C)(C)C(=O)O)sc2Cl)S(=O)(=O)c2cccnc2O1. The molecule has 0 radical (unpaired) electrons. The number of sulfonamides is 1. The predicted molar refractivity (Wildman–Crippen MR) is 144 cm³/mol. The zero-order valence-corrected chi connectivity index (χ0v) is 24.2. The second kappa shape index (κ2) is 11.3. The first-order valence-corrected chi connectivity index (χ1v) is 15.1. The summed E-state index contributed by atoms with van der Waals surface area (Å²) in [5.41, 5.74) is 0.321. The van der Waals surface area contributed by atoms with Crippen molar-refractivity contribution in [1.82, 2.24) is 24.3 Å². The minimum Gasteiger partial charge on any atom is -0.481 e. The van der Waals surface area contributed by atoms with Crippen molar-refractivity contribution in [1.29, 1.82) is 0 Å². The summed E-state index contributed by atoms with van der Waals surface area (Å²) >= 11 is 7.96. The fraction of sp³-hybridized carbons (Fsp3) is 0.520. The molecule has 0 fully saturated rings. The third kappa shape index (κ3) is 5.73. The maximum absolute atomic E-state index is 13.6. The highest BCUT2D eigenvalue weighted by Crippen LogP contribution is 2.45. The monoisotopic (exact) mass is 581 g/mol. The molecule has 0 unspecified atom stereocenters. The van der Waals surface area contributed by atoms with Gasteiger partial charge in [-0.15, -0.1) is 16.4 Å². The molecule has 4 heterocycles. The molecular weight excluding hydrogens is 550 g/mol. The first-order valence-electron chi connectivity index (χ1n) is 12.5. The number of fused-ring (bicyclic) bond motifs is 1. The number of ether oxygens (including phenoxy) is 1. The van der Waals surface area contributed by atoms with Gasteiger partial charge >= 0.3 is 5.97 Å². The van der Waals surface area contributed by atoms with Crippen molar-refractivity contribution in [3.8, 4) is 5.88 Å². The number of carboxylic acid groups (broad SMARTS) is 1. The average molecular weight is 582 g/mol. The van der Waals surface area contributed by atoms with Crippen LogP contribution in [0.2, 0.25) is 4.34 Å². The molecule has 0 bridgehead atoms. The number of halogens is 1. The molecule has 0 aromatic carbocycles. The first kappa shape index (κ1) is 28.5. The second-order valence-electron chi connectivity index (χ2n) is 9.88. The standard InChI is InChI=1S/C25H32ClN5O5S2/c1-5-18-15-31(38(34,35)21-8-7-11-27-23(21)36-18)13-16-12-20(37-22(16)26)19(25(3,4)24(32)33)10-9-17-14-30(6-2)29-28-17/h7-8,11-12,14,18-19H,5-6,9-10,13,15H2,1-4H3,(H,32,33)/t18-,19+/m1/s1. The van der Waals surface area contributed by atoms with E-state index in [0.29, 0.717) is 35.7 Å². The molecule has 3 aromatic heterocycles. The van der Waals surface area contributed by atoms with Gasteiger partial charge in [0.15, 0.2) is 0 Å². The molecule has 2 atom stereocenters. The summed E-state index contributed by atoms with van der Waals surface area (Å²) in [5, 5.41) is 18.3. The topological polar surface area (TPSA) is 128 Å². The Bertz CT molecular complexity index is 1400. The van der Waals surface area contributed by atoms with Crippen molar-refractivity contribution in [3.05, 3.63) is 51.1 Å². The van der Waals surface area contributed by atoms with Crippen molar-refractivity contribution >= 4 is 38.9 Å². The van der Waals surface area contributed by atoms with Crippen molar-refractivity contribution in [2.45, 2.75) is 77.0 Å².